The molecule has 0 fully saturated rings. The molecule has 4 heteroatoms. The molecule has 0 saturated carbocycles. The summed E-state index contributed by atoms with van der Waals surface area (Å²) < 4.78 is 10.7. The van der Waals surface area contributed by atoms with Gasteiger partial charge in [-0.25, -0.2) is 0 Å². The van der Waals surface area contributed by atoms with Gasteiger partial charge in [0.15, 0.2) is 0 Å². The molecule has 2 N–H and O–H groups in total. The van der Waals surface area contributed by atoms with Crippen molar-refractivity contribution in [1.82, 2.24) is 4.90 Å². The van der Waals surface area contributed by atoms with Crippen molar-refractivity contribution >= 4 is 0 Å². The molecular weight excluding hydrogens is 216 g/mol. The van der Waals surface area contributed by atoms with Gasteiger partial charge in [0, 0.05) is 12.6 Å². The molecule has 0 radical (unpaired) electrons. The molecule has 1 aromatic rings. The number of ether oxygens (including phenoxy) is 2. The van der Waals surface area contributed by atoms with Crippen LogP contribution in [0.1, 0.15) is 6.42 Å². The molecular formula is C13H22N2O2. The summed E-state index contributed by atoms with van der Waals surface area (Å²) in [7, 11) is 5.72. The maximum absolute atomic E-state index is 5.68. The molecule has 1 rings (SSSR count). The van der Waals surface area contributed by atoms with E-state index in [1.165, 1.54) is 0 Å². The van der Waals surface area contributed by atoms with Crippen molar-refractivity contribution in [2.75, 3.05) is 34.4 Å². The predicted octanol–water partition coefficient (Wildman–Crippen LogP) is 1.35. The van der Waals surface area contributed by atoms with Gasteiger partial charge in [0.2, 0.25) is 0 Å². The topological polar surface area (TPSA) is 47.7 Å². The van der Waals surface area contributed by atoms with Crippen LogP contribution in [0.15, 0.2) is 24.3 Å². The maximum Gasteiger partial charge on any atom is 0.119 e. The van der Waals surface area contributed by atoms with Gasteiger partial charge in [-0.05, 0) is 44.8 Å². The first kappa shape index (κ1) is 13.8. The van der Waals surface area contributed by atoms with E-state index in [9.17, 15) is 0 Å². The Kier molecular flexibility index (Phi) is 5.80. The number of likely N-dealkylation sites (N-methyl/N-ethyl adjacent to an activating group) is 1. The fourth-order valence-electron chi connectivity index (χ4n) is 1.57. The summed E-state index contributed by atoms with van der Waals surface area (Å²) in [6.45, 7) is 1.32. The number of rotatable bonds is 7. The summed E-state index contributed by atoms with van der Waals surface area (Å²) in [4.78, 5) is 2.12. The highest BCUT2D eigenvalue weighted by Gasteiger charge is 2.08. The molecule has 1 atom stereocenters. The maximum atomic E-state index is 5.68. The van der Waals surface area contributed by atoms with E-state index in [0.29, 0.717) is 19.2 Å². The van der Waals surface area contributed by atoms with Gasteiger partial charge in [0.1, 0.15) is 11.5 Å². The van der Waals surface area contributed by atoms with Crippen molar-refractivity contribution in [3.63, 3.8) is 0 Å². The van der Waals surface area contributed by atoms with E-state index >= 15 is 0 Å². The van der Waals surface area contributed by atoms with Crippen LogP contribution in [0.3, 0.4) is 0 Å². The van der Waals surface area contributed by atoms with Crippen LogP contribution in [0.25, 0.3) is 0 Å². The fourth-order valence-corrected chi connectivity index (χ4v) is 1.57. The Labute approximate surface area is 103 Å². The monoisotopic (exact) mass is 238 g/mol. The lowest BCUT2D eigenvalue weighted by molar-refractivity contribution is 0.225. The number of benzene rings is 1. The standard InChI is InChI=1S/C13H22N2O2/c1-15(2)11(10-14)8-9-17-13-6-4-12(16-3)5-7-13/h4-7,11H,8-10,14H2,1-3H3. The molecule has 17 heavy (non-hydrogen) atoms. The van der Waals surface area contributed by atoms with Crippen LogP contribution in [-0.2, 0) is 0 Å². The lowest BCUT2D eigenvalue weighted by Crippen LogP contribution is -2.36. The molecule has 0 aromatic heterocycles. The van der Waals surface area contributed by atoms with Crippen molar-refractivity contribution < 1.29 is 9.47 Å². The summed E-state index contributed by atoms with van der Waals surface area (Å²) in [5.74, 6) is 1.70. The molecule has 4 nitrogen and oxygen atoms in total. The Balaban J connectivity index is 2.34. The molecule has 0 bridgehead atoms. The van der Waals surface area contributed by atoms with E-state index in [2.05, 4.69) is 4.90 Å². The molecule has 0 aliphatic rings. The van der Waals surface area contributed by atoms with E-state index in [4.69, 9.17) is 15.2 Å². The second-order valence-corrected chi connectivity index (χ2v) is 4.17. The normalized spacial score (nSPS) is 12.5. The van der Waals surface area contributed by atoms with Gasteiger partial charge in [-0.2, -0.15) is 0 Å². The summed E-state index contributed by atoms with van der Waals surface area (Å²) in [5, 5.41) is 0. The minimum absolute atomic E-state index is 0.369. The summed E-state index contributed by atoms with van der Waals surface area (Å²) in [6.07, 6.45) is 0.926. The van der Waals surface area contributed by atoms with E-state index in [-0.39, 0.29) is 0 Å². The van der Waals surface area contributed by atoms with Crippen molar-refractivity contribution in [2.24, 2.45) is 5.73 Å². The first-order valence-corrected chi connectivity index (χ1v) is 5.80. The third-order valence-corrected chi connectivity index (χ3v) is 2.78. The second-order valence-electron chi connectivity index (χ2n) is 4.17. The van der Waals surface area contributed by atoms with Crippen molar-refractivity contribution in [3.05, 3.63) is 24.3 Å². The largest absolute Gasteiger partial charge is 0.497 e. The number of hydrogen-bond donors (Lipinski definition) is 1. The third-order valence-electron chi connectivity index (χ3n) is 2.78. The number of hydrogen-bond acceptors (Lipinski definition) is 4. The van der Waals surface area contributed by atoms with Gasteiger partial charge in [0.05, 0.1) is 13.7 Å². The third kappa shape index (κ3) is 4.63. The number of nitrogens with zero attached hydrogens (tertiary/aromatic N) is 1. The first-order chi connectivity index (χ1) is 8.17. The van der Waals surface area contributed by atoms with Crippen molar-refractivity contribution in [3.8, 4) is 11.5 Å². The molecule has 0 aliphatic heterocycles. The SMILES string of the molecule is COc1ccc(OCCC(CN)N(C)C)cc1. The van der Waals surface area contributed by atoms with E-state index in [1.807, 2.05) is 38.4 Å². The Hall–Kier alpha value is -1.26. The van der Waals surface area contributed by atoms with Gasteiger partial charge in [-0.15, -0.1) is 0 Å². The molecule has 96 valence electrons. The molecule has 0 saturated heterocycles. The van der Waals surface area contributed by atoms with Gasteiger partial charge >= 0.3 is 0 Å². The Morgan fingerprint density at radius 2 is 1.76 bits per heavy atom. The molecule has 1 unspecified atom stereocenters. The van der Waals surface area contributed by atoms with Gasteiger partial charge in [0.25, 0.3) is 0 Å². The van der Waals surface area contributed by atoms with Crippen LogP contribution in [0.5, 0.6) is 11.5 Å². The number of nitrogens with two attached hydrogens (primary N) is 1. The second kappa shape index (κ2) is 7.14. The Bertz CT molecular complexity index is 312. The molecule has 0 heterocycles. The highest BCUT2D eigenvalue weighted by atomic mass is 16.5. The quantitative estimate of drug-likeness (QED) is 0.779. The predicted molar refractivity (Wildman–Crippen MR) is 69.6 cm³/mol. The first-order valence-electron chi connectivity index (χ1n) is 5.80. The highest BCUT2D eigenvalue weighted by molar-refractivity contribution is 5.31. The zero-order valence-corrected chi connectivity index (χ0v) is 10.8. The van der Waals surface area contributed by atoms with Crippen LogP contribution in [-0.4, -0.2) is 45.3 Å². The number of methoxy groups -OCH3 is 1. The summed E-state index contributed by atoms with van der Waals surface area (Å²) >= 11 is 0. The molecule has 1 aromatic carbocycles. The molecule has 0 spiro atoms. The average Bonchev–Trinajstić information content (AvgIpc) is 2.35. The van der Waals surface area contributed by atoms with Gasteiger partial charge in [-0.1, -0.05) is 0 Å². The van der Waals surface area contributed by atoms with Crippen molar-refractivity contribution in [1.29, 1.82) is 0 Å². The molecule has 0 amide bonds. The van der Waals surface area contributed by atoms with Crippen LogP contribution >= 0.6 is 0 Å². The van der Waals surface area contributed by atoms with Gasteiger partial charge < -0.3 is 20.1 Å². The minimum Gasteiger partial charge on any atom is -0.497 e. The van der Waals surface area contributed by atoms with E-state index < -0.39 is 0 Å². The Morgan fingerprint density at radius 3 is 2.24 bits per heavy atom. The van der Waals surface area contributed by atoms with Crippen LogP contribution in [0, 0.1) is 0 Å². The average molecular weight is 238 g/mol. The van der Waals surface area contributed by atoms with Crippen molar-refractivity contribution in [2.45, 2.75) is 12.5 Å². The lowest BCUT2D eigenvalue weighted by atomic mass is 10.2. The minimum atomic E-state index is 0.369. The highest BCUT2D eigenvalue weighted by Crippen LogP contribution is 2.17. The Morgan fingerprint density at radius 1 is 1.18 bits per heavy atom. The van der Waals surface area contributed by atoms with Crippen LogP contribution < -0.4 is 15.2 Å². The lowest BCUT2D eigenvalue weighted by Gasteiger charge is -2.22. The summed E-state index contributed by atoms with van der Waals surface area (Å²) in [5.41, 5.74) is 5.68. The molecule has 0 aliphatic carbocycles. The van der Waals surface area contributed by atoms with Gasteiger partial charge in [-0.3, -0.25) is 0 Å². The van der Waals surface area contributed by atoms with E-state index in [0.717, 1.165) is 17.9 Å². The van der Waals surface area contributed by atoms with Crippen LogP contribution in [0.2, 0.25) is 0 Å². The van der Waals surface area contributed by atoms with Crippen LogP contribution in [0.4, 0.5) is 0 Å². The summed E-state index contributed by atoms with van der Waals surface area (Å²) in [6, 6.07) is 7.97. The smallest absolute Gasteiger partial charge is 0.119 e. The zero-order chi connectivity index (χ0) is 12.7. The fraction of sp³-hybridized carbons (Fsp3) is 0.538. The van der Waals surface area contributed by atoms with E-state index in [1.54, 1.807) is 7.11 Å². The zero-order valence-electron chi connectivity index (χ0n) is 10.8.